The highest BCUT2D eigenvalue weighted by atomic mass is 15.2. The first-order valence-corrected chi connectivity index (χ1v) is 6.92. The van der Waals surface area contributed by atoms with Gasteiger partial charge in [-0.3, -0.25) is 0 Å². The van der Waals surface area contributed by atoms with Crippen LogP contribution in [0.2, 0.25) is 0 Å². The quantitative estimate of drug-likeness (QED) is 0.793. The fraction of sp³-hybridized carbons (Fsp3) is 0.467. The second kappa shape index (κ2) is 5.04. The van der Waals surface area contributed by atoms with Crippen LogP contribution in [-0.2, 0) is 0 Å². The van der Waals surface area contributed by atoms with Crippen LogP contribution in [0.15, 0.2) is 12.4 Å². The minimum absolute atomic E-state index is 0.0903. The summed E-state index contributed by atoms with van der Waals surface area (Å²) in [5.74, 6) is 1.01. The molecule has 0 spiro atoms. The van der Waals surface area contributed by atoms with Crippen LogP contribution in [0.5, 0.6) is 0 Å². The maximum atomic E-state index is 9.14. The van der Waals surface area contributed by atoms with E-state index < -0.39 is 0 Å². The van der Waals surface area contributed by atoms with Gasteiger partial charge in [0.2, 0.25) is 0 Å². The molecule has 5 heteroatoms. The van der Waals surface area contributed by atoms with E-state index in [1.807, 2.05) is 6.92 Å². The predicted octanol–water partition coefficient (Wildman–Crippen LogP) is 2.38. The van der Waals surface area contributed by atoms with Crippen molar-refractivity contribution >= 4 is 16.9 Å². The minimum Gasteiger partial charge on any atom is -0.355 e. The Morgan fingerprint density at radius 1 is 1.35 bits per heavy atom. The molecule has 2 aromatic rings. The van der Waals surface area contributed by atoms with Gasteiger partial charge in [-0.05, 0) is 38.3 Å². The van der Waals surface area contributed by atoms with Crippen molar-refractivity contribution in [2.75, 3.05) is 18.0 Å². The number of aryl methyl sites for hydroxylation is 2. The van der Waals surface area contributed by atoms with E-state index in [2.05, 4.69) is 38.9 Å². The Morgan fingerprint density at radius 3 is 3.00 bits per heavy atom. The van der Waals surface area contributed by atoms with Crippen LogP contribution >= 0.6 is 0 Å². The topological polar surface area (TPSA) is 65.7 Å². The Morgan fingerprint density at radius 2 is 2.20 bits per heavy atom. The van der Waals surface area contributed by atoms with E-state index in [1.165, 1.54) is 0 Å². The van der Waals surface area contributed by atoms with Gasteiger partial charge in [0.15, 0.2) is 5.65 Å². The van der Waals surface area contributed by atoms with E-state index in [0.29, 0.717) is 0 Å². The highest BCUT2D eigenvalue weighted by Gasteiger charge is 2.23. The van der Waals surface area contributed by atoms with Gasteiger partial charge in [-0.25, -0.2) is 15.0 Å². The molecule has 1 aliphatic rings. The number of pyridine rings is 1. The van der Waals surface area contributed by atoms with Crippen LogP contribution in [0, 0.1) is 31.1 Å². The molecule has 1 aliphatic heterocycles. The van der Waals surface area contributed by atoms with Gasteiger partial charge in [-0.1, -0.05) is 0 Å². The van der Waals surface area contributed by atoms with Crippen molar-refractivity contribution < 1.29 is 0 Å². The van der Waals surface area contributed by atoms with Gasteiger partial charge < -0.3 is 4.90 Å². The van der Waals surface area contributed by atoms with Crippen LogP contribution in [0.25, 0.3) is 11.0 Å². The summed E-state index contributed by atoms with van der Waals surface area (Å²) in [6.45, 7) is 5.73. The molecule has 1 atom stereocenters. The lowest BCUT2D eigenvalue weighted by Gasteiger charge is -2.31. The van der Waals surface area contributed by atoms with Gasteiger partial charge in [0, 0.05) is 18.8 Å². The summed E-state index contributed by atoms with van der Waals surface area (Å²) in [5.41, 5.74) is 2.85. The molecule has 1 fully saturated rings. The van der Waals surface area contributed by atoms with Gasteiger partial charge in [0.1, 0.15) is 12.1 Å². The lowest BCUT2D eigenvalue weighted by molar-refractivity contribution is 0.491. The summed E-state index contributed by atoms with van der Waals surface area (Å²) in [7, 11) is 0. The third kappa shape index (κ3) is 2.18. The summed E-state index contributed by atoms with van der Waals surface area (Å²) in [6.07, 6.45) is 3.58. The van der Waals surface area contributed by atoms with Crippen molar-refractivity contribution in [2.45, 2.75) is 26.7 Å². The monoisotopic (exact) mass is 267 g/mol. The molecule has 3 rings (SSSR count). The average molecular weight is 267 g/mol. The van der Waals surface area contributed by atoms with Gasteiger partial charge >= 0.3 is 0 Å². The molecule has 3 heterocycles. The van der Waals surface area contributed by atoms with Crippen molar-refractivity contribution in [1.29, 1.82) is 5.26 Å². The SMILES string of the molecule is Cc1cc(C)c2c(N3CCCC(C#N)C3)ncnc2n1. The first-order valence-electron chi connectivity index (χ1n) is 6.92. The molecular formula is C15H17N5. The Kier molecular flexibility index (Phi) is 3.23. The maximum absolute atomic E-state index is 9.14. The molecule has 1 unspecified atom stereocenters. The van der Waals surface area contributed by atoms with E-state index in [9.17, 15) is 0 Å². The van der Waals surface area contributed by atoms with Gasteiger partial charge in [0.25, 0.3) is 0 Å². The molecule has 0 bridgehead atoms. The predicted molar refractivity (Wildman–Crippen MR) is 77.4 cm³/mol. The molecule has 0 aliphatic carbocycles. The standard InChI is InChI=1S/C15H17N5/c1-10-6-11(2)19-14-13(10)15(18-9-17-14)20-5-3-4-12(7-16)8-20/h6,9,12H,3-5,8H2,1-2H3. The third-order valence-corrected chi connectivity index (χ3v) is 3.81. The molecule has 20 heavy (non-hydrogen) atoms. The lowest BCUT2D eigenvalue weighted by Crippen LogP contribution is -2.35. The van der Waals surface area contributed by atoms with Crippen molar-refractivity contribution in [3.63, 3.8) is 0 Å². The lowest BCUT2D eigenvalue weighted by atomic mass is 9.99. The van der Waals surface area contributed by atoms with E-state index in [4.69, 9.17) is 5.26 Å². The number of aromatic nitrogens is 3. The smallest absolute Gasteiger partial charge is 0.165 e. The first kappa shape index (κ1) is 12.8. The van der Waals surface area contributed by atoms with Crippen LogP contribution in [-0.4, -0.2) is 28.0 Å². The van der Waals surface area contributed by atoms with Crippen molar-refractivity contribution in [3.05, 3.63) is 23.7 Å². The number of rotatable bonds is 1. The zero-order valence-corrected chi connectivity index (χ0v) is 11.8. The van der Waals surface area contributed by atoms with Crippen molar-refractivity contribution in [1.82, 2.24) is 15.0 Å². The van der Waals surface area contributed by atoms with Crippen LogP contribution in [0.1, 0.15) is 24.1 Å². The number of nitrogens with zero attached hydrogens (tertiary/aromatic N) is 5. The van der Waals surface area contributed by atoms with Gasteiger partial charge in [-0.15, -0.1) is 0 Å². The molecule has 0 radical (unpaired) electrons. The molecule has 0 N–H and O–H groups in total. The summed E-state index contributed by atoms with van der Waals surface area (Å²) < 4.78 is 0. The number of nitriles is 1. The summed E-state index contributed by atoms with van der Waals surface area (Å²) in [6, 6.07) is 4.43. The van der Waals surface area contributed by atoms with Crippen LogP contribution < -0.4 is 4.90 Å². The summed E-state index contributed by atoms with van der Waals surface area (Å²) in [5, 5.41) is 10.1. The number of piperidine rings is 1. The number of fused-ring (bicyclic) bond motifs is 1. The summed E-state index contributed by atoms with van der Waals surface area (Å²) >= 11 is 0. The van der Waals surface area contributed by atoms with Crippen molar-refractivity contribution in [3.8, 4) is 6.07 Å². The van der Waals surface area contributed by atoms with Gasteiger partial charge in [0.05, 0.1) is 17.4 Å². The molecule has 0 saturated carbocycles. The number of hydrogen-bond acceptors (Lipinski definition) is 5. The molecular weight excluding hydrogens is 250 g/mol. The zero-order valence-electron chi connectivity index (χ0n) is 11.8. The Labute approximate surface area is 118 Å². The van der Waals surface area contributed by atoms with E-state index in [-0.39, 0.29) is 5.92 Å². The Bertz CT molecular complexity index is 688. The normalized spacial score (nSPS) is 19.1. The maximum Gasteiger partial charge on any atom is 0.165 e. The highest BCUT2D eigenvalue weighted by molar-refractivity contribution is 5.90. The van der Waals surface area contributed by atoms with Gasteiger partial charge in [-0.2, -0.15) is 5.26 Å². The third-order valence-electron chi connectivity index (χ3n) is 3.81. The second-order valence-corrected chi connectivity index (χ2v) is 5.39. The van der Waals surface area contributed by atoms with Crippen LogP contribution in [0.4, 0.5) is 5.82 Å². The number of hydrogen-bond donors (Lipinski definition) is 0. The zero-order chi connectivity index (χ0) is 14.1. The summed E-state index contributed by atoms with van der Waals surface area (Å²) in [4.78, 5) is 15.4. The molecule has 102 valence electrons. The van der Waals surface area contributed by atoms with Crippen molar-refractivity contribution in [2.24, 2.45) is 5.92 Å². The number of anilines is 1. The van der Waals surface area contributed by atoms with E-state index >= 15 is 0 Å². The Hall–Kier alpha value is -2.22. The fourth-order valence-corrected chi connectivity index (χ4v) is 2.90. The molecule has 2 aromatic heterocycles. The molecule has 1 saturated heterocycles. The highest BCUT2D eigenvalue weighted by Crippen LogP contribution is 2.29. The van der Waals surface area contributed by atoms with E-state index in [0.717, 1.165) is 54.0 Å². The largest absolute Gasteiger partial charge is 0.355 e. The Balaban J connectivity index is 2.10. The molecule has 5 nitrogen and oxygen atoms in total. The second-order valence-electron chi connectivity index (χ2n) is 5.39. The minimum atomic E-state index is 0.0903. The molecule has 0 amide bonds. The fourth-order valence-electron chi connectivity index (χ4n) is 2.90. The first-order chi connectivity index (χ1) is 9.69. The average Bonchev–Trinajstić information content (AvgIpc) is 2.46. The molecule has 0 aromatic carbocycles. The van der Waals surface area contributed by atoms with E-state index in [1.54, 1.807) is 6.33 Å². The van der Waals surface area contributed by atoms with Crippen LogP contribution in [0.3, 0.4) is 0 Å².